The van der Waals surface area contributed by atoms with E-state index in [9.17, 15) is 9.59 Å². The lowest BCUT2D eigenvalue weighted by atomic mass is 9.98. The van der Waals surface area contributed by atoms with Crippen molar-refractivity contribution in [2.24, 2.45) is 0 Å². The summed E-state index contributed by atoms with van der Waals surface area (Å²) in [4.78, 5) is 36.4. The minimum Gasteiger partial charge on any atom is -0.375 e. The van der Waals surface area contributed by atoms with Crippen molar-refractivity contribution < 1.29 is 14.3 Å². The molecule has 1 aromatic heterocycles. The summed E-state index contributed by atoms with van der Waals surface area (Å²) in [5.74, 6) is 0.215. The van der Waals surface area contributed by atoms with E-state index in [1.54, 1.807) is 0 Å². The maximum atomic E-state index is 13.3. The third kappa shape index (κ3) is 4.11. The molecule has 1 atom stereocenters. The van der Waals surface area contributed by atoms with Crippen LogP contribution in [0.2, 0.25) is 0 Å². The fraction of sp³-hybridized carbons (Fsp3) is 0.500. The molecular formula is C22H28N4O3. The summed E-state index contributed by atoms with van der Waals surface area (Å²) in [6, 6.07) is 9.79. The standard InChI is InChI=1S/C22H28N4O3/c1-24-9-11-25(12-10-24)22(28)18-13-20(23-19-6-4-3-5-17(18)19)16-7-8-26(14-16)21(27)15-29-2/h3-6,13,16H,7-12,14-15H2,1-2H3. The zero-order valence-corrected chi connectivity index (χ0v) is 17.1. The largest absolute Gasteiger partial charge is 0.375 e. The summed E-state index contributed by atoms with van der Waals surface area (Å²) >= 11 is 0. The summed E-state index contributed by atoms with van der Waals surface area (Å²) < 4.78 is 4.98. The molecule has 154 valence electrons. The second-order valence-electron chi connectivity index (χ2n) is 7.97. The lowest BCUT2D eigenvalue weighted by Gasteiger charge is -2.32. The first-order valence-electron chi connectivity index (χ1n) is 10.2. The number of nitrogens with zero attached hydrogens (tertiary/aromatic N) is 4. The van der Waals surface area contributed by atoms with Crippen LogP contribution in [0.3, 0.4) is 0 Å². The number of pyridine rings is 1. The highest BCUT2D eigenvalue weighted by molar-refractivity contribution is 6.06. The summed E-state index contributed by atoms with van der Waals surface area (Å²) in [6.07, 6.45) is 0.850. The average molecular weight is 396 g/mol. The van der Waals surface area contributed by atoms with Crippen LogP contribution in [0.1, 0.15) is 28.4 Å². The first-order valence-corrected chi connectivity index (χ1v) is 10.2. The van der Waals surface area contributed by atoms with Gasteiger partial charge in [0.25, 0.3) is 5.91 Å². The molecular weight excluding hydrogens is 368 g/mol. The van der Waals surface area contributed by atoms with Gasteiger partial charge in [0.05, 0.1) is 11.1 Å². The van der Waals surface area contributed by atoms with Crippen molar-refractivity contribution in [3.8, 4) is 0 Å². The Hall–Kier alpha value is -2.51. The van der Waals surface area contributed by atoms with Gasteiger partial charge in [-0.2, -0.15) is 0 Å². The van der Waals surface area contributed by atoms with Gasteiger partial charge < -0.3 is 19.4 Å². The predicted octanol–water partition coefficient (Wildman–Crippen LogP) is 1.58. The Bertz CT molecular complexity index is 908. The number of carbonyl (C=O) groups is 2. The molecule has 0 aliphatic carbocycles. The normalized spacial score (nSPS) is 20.4. The van der Waals surface area contributed by atoms with Gasteiger partial charge in [-0.1, -0.05) is 18.2 Å². The van der Waals surface area contributed by atoms with Crippen molar-refractivity contribution in [3.63, 3.8) is 0 Å². The number of piperazine rings is 1. The molecule has 2 aromatic rings. The number of rotatable bonds is 4. The number of ether oxygens (including phenoxy) is 1. The van der Waals surface area contributed by atoms with Crippen LogP contribution in [0.4, 0.5) is 0 Å². The molecule has 0 radical (unpaired) electrons. The Balaban J connectivity index is 1.63. The van der Waals surface area contributed by atoms with E-state index >= 15 is 0 Å². The number of para-hydroxylation sites is 1. The molecule has 2 amide bonds. The minimum atomic E-state index is 0.00419. The first-order chi connectivity index (χ1) is 14.1. The molecule has 3 heterocycles. The smallest absolute Gasteiger partial charge is 0.254 e. The SMILES string of the molecule is COCC(=O)N1CCC(c2cc(C(=O)N3CCN(C)CC3)c3ccccc3n2)C1. The van der Waals surface area contributed by atoms with Gasteiger partial charge in [0.15, 0.2) is 0 Å². The van der Waals surface area contributed by atoms with Crippen LogP contribution in [-0.4, -0.2) is 91.5 Å². The van der Waals surface area contributed by atoms with E-state index in [-0.39, 0.29) is 24.3 Å². The number of methoxy groups -OCH3 is 1. The zero-order valence-electron chi connectivity index (χ0n) is 17.1. The van der Waals surface area contributed by atoms with E-state index < -0.39 is 0 Å². The van der Waals surface area contributed by atoms with Gasteiger partial charge in [-0.25, -0.2) is 0 Å². The summed E-state index contributed by atoms with van der Waals surface area (Å²) in [5.41, 5.74) is 2.45. The Morgan fingerprint density at radius 2 is 1.86 bits per heavy atom. The molecule has 2 fully saturated rings. The van der Waals surface area contributed by atoms with E-state index in [4.69, 9.17) is 9.72 Å². The van der Waals surface area contributed by atoms with Gasteiger partial charge in [0, 0.05) is 63.4 Å². The molecule has 1 aromatic carbocycles. The number of hydrogen-bond acceptors (Lipinski definition) is 5. The number of benzene rings is 1. The van der Waals surface area contributed by atoms with Crippen LogP contribution in [-0.2, 0) is 9.53 Å². The van der Waals surface area contributed by atoms with Crippen molar-refractivity contribution in [3.05, 3.63) is 41.6 Å². The number of aromatic nitrogens is 1. The third-order valence-electron chi connectivity index (χ3n) is 5.98. The Morgan fingerprint density at radius 3 is 2.62 bits per heavy atom. The third-order valence-corrected chi connectivity index (χ3v) is 5.98. The molecule has 2 saturated heterocycles. The number of likely N-dealkylation sites (N-methyl/N-ethyl adjacent to an activating group) is 1. The Kier molecular flexibility index (Phi) is 5.78. The number of fused-ring (bicyclic) bond motifs is 1. The van der Waals surface area contributed by atoms with Crippen LogP contribution in [0.5, 0.6) is 0 Å². The van der Waals surface area contributed by atoms with E-state index in [0.29, 0.717) is 13.1 Å². The molecule has 29 heavy (non-hydrogen) atoms. The van der Waals surface area contributed by atoms with Crippen molar-refractivity contribution in [1.29, 1.82) is 0 Å². The number of amides is 2. The maximum absolute atomic E-state index is 13.3. The van der Waals surface area contributed by atoms with Crippen LogP contribution < -0.4 is 0 Å². The second kappa shape index (κ2) is 8.47. The minimum absolute atomic E-state index is 0.00419. The van der Waals surface area contributed by atoms with E-state index in [2.05, 4.69) is 11.9 Å². The van der Waals surface area contributed by atoms with Gasteiger partial charge in [0.2, 0.25) is 5.91 Å². The molecule has 7 heteroatoms. The molecule has 0 bridgehead atoms. The highest BCUT2D eigenvalue weighted by Gasteiger charge is 2.30. The number of hydrogen-bond donors (Lipinski definition) is 0. The van der Waals surface area contributed by atoms with E-state index in [1.807, 2.05) is 40.1 Å². The van der Waals surface area contributed by atoms with Crippen LogP contribution in [0.25, 0.3) is 10.9 Å². The van der Waals surface area contributed by atoms with E-state index in [0.717, 1.165) is 54.8 Å². The van der Waals surface area contributed by atoms with Crippen molar-refractivity contribution in [2.75, 3.05) is 60.0 Å². The van der Waals surface area contributed by atoms with Crippen molar-refractivity contribution in [1.82, 2.24) is 19.7 Å². The first kappa shape index (κ1) is 19.8. The van der Waals surface area contributed by atoms with Crippen LogP contribution >= 0.6 is 0 Å². The molecule has 7 nitrogen and oxygen atoms in total. The van der Waals surface area contributed by atoms with Crippen molar-refractivity contribution in [2.45, 2.75) is 12.3 Å². The zero-order chi connectivity index (χ0) is 20.4. The van der Waals surface area contributed by atoms with Gasteiger partial charge in [-0.3, -0.25) is 14.6 Å². The molecule has 2 aliphatic heterocycles. The van der Waals surface area contributed by atoms with Crippen LogP contribution in [0, 0.1) is 0 Å². The Morgan fingerprint density at radius 1 is 1.10 bits per heavy atom. The predicted molar refractivity (Wildman–Crippen MR) is 111 cm³/mol. The van der Waals surface area contributed by atoms with Gasteiger partial charge in [-0.15, -0.1) is 0 Å². The molecule has 0 saturated carbocycles. The van der Waals surface area contributed by atoms with Gasteiger partial charge >= 0.3 is 0 Å². The van der Waals surface area contributed by atoms with Gasteiger partial charge in [-0.05, 0) is 25.6 Å². The average Bonchev–Trinajstić information content (AvgIpc) is 3.24. The highest BCUT2D eigenvalue weighted by atomic mass is 16.5. The van der Waals surface area contributed by atoms with Gasteiger partial charge in [0.1, 0.15) is 6.61 Å². The molecule has 0 spiro atoms. The van der Waals surface area contributed by atoms with Crippen LogP contribution in [0.15, 0.2) is 30.3 Å². The monoisotopic (exact) mass is 396 g/mol. The Labute approximate surface area is 171 Å². The lowest BCUT2D eigenvalue weighted by Crippen LogP contribution is -2.47. The van der Waals surface area contributed by atoms with Crippen molar-refractivity contribution >= 4 is 22.7 Å². The maximum Gasteiger partial charge on any atom is 0.254 e. The summed E-state index contributed by atoms with van der Waals surface area (Å²) in [6.45, 7) is 4.68. The molecule has 4 rings (SSSR count). The molecule has 0 N–H and O–H groups in total. The molecule has 2 aliphatic rings. The fourth-order valence-corrected chi connectivity index (χ4v) is 4.20. The number of carbonyl (C=O) groups excluding carboxylic acids is 2. The highest BCUT2D eigenvalue weighted by Crippen LogP contribution is 2.30. The molecule has 1 unspecified atom stereocenters. The van der Waals surface area contributed by atoms with E-state index in [1.165, 1.54) is 7.11 Å². The number of likely N-dealkylation sites (tertiary alicyclic amines) is 1. The second-order valence-corrected chi connectivity index (χ2v) is 7.97. The summed E-state index contributed by atoms with van der Waals surface area (Å²) in [5, 5.41) is 0.894. The summed E-state index contributed by atoms with van der Waals surface area (Å²) in [7, 11) is 3.62. The quantitative estimate of drug-likeness (QED) is 0.785. The topological polar surface area (TPSA) is 66.0 Å². The lowest BCUT2D eigenvalue weighted by molar-refractivity contribution is -0.134. The fourth-order valence-electron chi connectivity index (χ4n) is 4.20.